The Morgan fingerprint density at radius 2 is 2.19 bits per heavy atom. The number of nitrogens with one attached hydrogen (secondary N) is 1. The maximum absolute atomic E-state index is 12.2. The molecule has 1 N–H and O–H groups in total. The van der Waals surface area contributed by atoms with Gasteiger partial charge in [0.1, 0.15) is 0 Å². The zero-order valence-corrected chi connectivity index (χ0v) is 10.8. The first kappa shape index (κ1) is 11.9. The normalized spacial score (nSPS) is 17.0. The van der Waals surface area contributed by atoms with Gasteiger partial charge in [-0.1, -0.05) is 0 Å². The van der Waals surface area contributed by atoms with Gasteiger partial charge in [-0.2, -0.15) is 9.40 Å². The predicted molar refractivity (Wildman–Crippen MR) is 60.9 cm³/mol. The second-order valence-electron chi connectivity index (χ2n) is 4.02. The third-order valence-electron chi connectivity index (χ3n) is 2.85. The summed E-state index contributed by atoms with van der Waals surface area (Å²) in [5.41, 5.74) is 1.27. The van der Waals surface area contributed by atoms with Gasteiger partial charge in [0.25, 0.3) is 10.0 Å². The van der Waals surface area contributed by atoms with Gasteiger partial charge in [-0.25, -0.2) is 8.42 Å². The van der Waals surface area contributed by atoms with Crippen LogP contribution in [0.3, 0.4) is 0 Å². The molecule has 1 aliphatic rings. The molecule has 1 aromatic heterocycles. The topological polar surface area (TPSA) is 66.1 Å². The Morgan fingerprint density at radius 3 is 2.69 bits per heavy atom. The second-order valence-corrected chi connectivity index (χ2v) is 6.20. The molecule has 0 bridgehead atoms. The minimum atomic E-state index is -3.49. The number of nitrogens with zero attached hydrogens (tertiary/aromatic N) is 2. The highest BCUT2D eigenvalue weighted by Gasteiger charge is 2.37. The third-order valence-corrected chi connectivity index (χ3v) is 5.00. The lowest BCUT2D eigenvalue weighted by Crippen LogP contribution is -2.29. The van der Waals surface area contributed by atoms with Gasteiger partial charge in [-0.05, 0) is 19.8 Å². The van der Waals surface area contributed by atoms with Crippen LogP contribution in [0, 0.1) is 6.92 Å². The number of halogens is 1. The molecule has 0 atom stereocenters. The van der Waals surface area contributed by atoms with E-state index in [1.165, 1.54) is 4.31 Å². The number of H-pyrrole nitrogens is 1. The Morgan fingerprint density at radius 1 is 1.56 bits per heavy atom. The smallest absolute Gasteiger partial charge is 0.262 e. The summed E-state index contributed by atoms with van der Waals surface area (Å²) in [6.07, 6.45) is 1.85. The molecule has 0 saturated heterocycles. The molecular formula is C9H14ClN3O2S. The second kappa shape index (κ2) is 4.01. The average molecular weight is 264 g/mol. The van der Waals surface area contributed by atoms with Gasteiger partial charge in [0.05, 0.1) is 5.88 Å². The molecule has 2 rings (SSSR count). The van der Waals surface area contributed by atoms with Crippen LogP contribution in [0.25, 0.3) is 0 Å². The highest BCUT2D eigenvalue weighted by molar-refractivity contribution is 7.89. The maximum Gasteiger partial charge on any atom is 0.262 e. The quantitative estimate of drug-likeness (QED) is 0.831. The molecule has 0 aromatic carbocycles. The Hall–Kier alpha value is -0.590. The van der Waals surface area contributed by atoms with E-state index in [1.54, 1.807) is 14.0 Å². The van der Waals surface area contributed by atoms with Crippen molar-refractivity contribution in [2.45, 2.75) is 36.7 Å². The average Bonchev–Trinajstić information content (AvgIpc) is 3.00. The molecule has 1 aromatic rings. The Labute approximate surface area is 99.8 Å². The van der Waals surface area contributed by atoms with Crippen molar-refractivity contribution >= 4 is 21.6 Å². The molecule has 1 aliphatic carbocycles. The van der Waals surface area contributed by atoms with Crippen molar-refractivity contribution in [2.24, 2.45) is 0 Å². The molecule has 0 aliphatic heterocycles. The number of sulfonamides is 1. The Balaban J connectivity index is 2.42. The third kappa shape index (κ3) is 1.85. The SMILES string of the molecule is Cc1[nH]nc(S(=O)(=O)N(C)C2CC2)c1CCl. The summed E-state index contributed by atoms with van der Waals surface area (Å²) in [7, 11) is -1.90. The number of hydrogen-bond acceptors (Lipinski definition) is 3. The summed E-state index contributed by atoms with van der Waals surface area (Å²) < 4.78 is 25.8. The van der Waals surface area contributed by atoms with Crippen molar-refractivity contribution in [3.63, 3.8) is 0 Å². The molecular weight excluding hydrogens is 250 g/mol. The summed E-state index contributed by atoms with van der Waals surface area (Å²) in [5.74, 6) is 0.148. The highest BCUT2D eigenvalue weighted by atomic mass is 35.5. The molecule has 1 fully saturated rings. The van der Waals surface area contributed by atoms with E-state index < -0.39 is 10.0 Å². The number of aromatic nitrogens is 2. The fourth-order valence-corrected chi connectivity index (χ4v) is 3.55. The van der Waals surface area contributed by atoms with Gasteiger partial charge in [-0.3, -0.25) is 5.10 Å². The van der Waals surface area contributed by atoms with Crippen LogP contribution in [0.4, 0.5) is 0 Å². The van der Waals surface area contributed by atoms with Crippen LogP contribution in [-0.4, -0.2) is 36.0 Å². The molecule has 1 saturated carbocycles. The molecule has 7 heteroatoms. The lowest BCUT2D eigenvalue weighted by atomic mass is 10.3. The van der Waals surface area contributed by atoms with Crippen LogP contribution in [0.5, 0.6) is 0 Å². The van der Waals surface area contributed by atoms with Gasteiger partial charge in [0, 0.05) is 24.3 Å². The fourth-order valence-electron chi connectivity index (χ4n) is 1.57. The molecule has 1 heterocycles. The molecule has 0 spiro atoms. The van der Waals surface area contributed by atoms with Crippen LogP contribution < -0.4 is 0 Å². The van der Waals surface area contributed by atoms with Crippen molar-refractivity contribution in [3.8, 4) is 0 Å². The zero-order chi connectivity index (χ0) is 11.9. The van der Waals surface area contributed by atoms with Crippen molar-refractivity contribution in [1.29, 1.82) is 0 Å². The Kier molecular flexibility index (Phi) is 2.98. The lowest BCUT2D eigenvalue weighted by molar-refractivity contribution is 0.460. The lowest BCUT2D eigenvalue weighted by Gasteiger charge is -2.15. The van der Waals surface area contributed by atoms with Crippen LogP contribution in [0.1, 0.15) is 24.1 Å². The van der Waals surface area contributed by atoms with Crippen LogP contribution in [0.15, 0.2) is 5.03 Å². The van der Waals surface area contributed by atoms with Gasteiger partial charge >= 0.3 is 0 Å². The van der Waals surface area contributed by atoms with Crippen LogP contribution in [-0.2, 0) is 15.9 Å². The van der Waals surface area contributed by atoms with E-state index >= 15 is 0 Å². The molecule has 5 nitrogen and oxygen atoms in total. The zero-order valence-electron chi connectivity index (χ0n) is 9.20. The van der Waals surface area contributed by atoms with E-state index in [0.717, 1.165) is 12.8 Å². The van der Waals surface area contributed by atoms with Crippen molar-refractivity contribution in [1.82, 2.24) is 14.5 Å². The predicted octanol–water partition coefficient (Wildman–Crippen LogP) is 1.24. The maximum atomic E-state index is 12.2. The van der Waals surface area contributed by atoms with E-state index in [2.05, 4.69) is 10.2 Å². The Bertz CT molecular complexity index is 493. The standard InChI is InChI=1S/C9H14ClN3O2S/c1-6-8(5-10)9(12-11-6)16(14,15)13(2)7-3-4-7/h7H,3-5H2,1-2H3,(H,11,12). The van der Waals surface area contributed by atoms with Gasteiger partial charge in [0.2, 0.25) is 0 Å². The number of rotatable bonds is 4. The number of hydrogen-bond donors (Lipinski definition) is 1. The van der Waals surface area contributed by atoms with E-state index in [1.807, 2.05) is 0 Å². The summed E-state index contributed by atoms with van der Waals surface area (Å²) in [5, 5.41) is 6.58. The molecule has 0 unspecified atom stereocenters. The largest absolute Gasteiger partial charge is 0.281 e. The summed E-state index contributed by atoms with van der Waals surface area (Å²) in [6, 6.07) is 0.130. The highest BCUT2D eigenvalue weighted by Crippen LogP contribution is 2.31. The molecule has 16 heavy (non-hydrogen) atoms. The molecule has 90 valence electrons. The molecule has 0 amide bonds. The fraction of sp³-hybridized carbons (Fsp3) is 0.667. The van der Waals surface area contributed by atoms with Crippen molar-refractivity contribution < 1.29 is 8.42 Å². The first-order valence-electron chi connectivity index (χ1n) is 5.06. The van der Waals surface area contributed by atoms with E-state index in [0.29, 0.717) is 11.3 Å². The minimum absolute atomic E-state index is 0.0643. The summed E-state index contributed by atoms with van der Waals surface area (Å²) in [6.45, 7) is 1.76. The number of aromatic amines is 1. The van der Waals surface area contributed by atoms with E-state index in [4.69, 9.17) is 11.6 Å². The number of alkyl halides is 1. The first-order chi connectivity index (χ1) is 7.48. The van der Waals surface area contributed by atoms with Crippen molar-refractivity contribution in [3.05, 3.63) is 11.3 Å². The van der Waals surface area contributed by atoms with Crippen LogP contribution in [0.2, 0.25) is 0 Å². The van der Waals surface area contributed by atoms with E-state index in [9.17, 15) is 8.42 Å². The monoisotopic (exact) mass is 263 g/mol. The molecule has 0 radical (unpaired) electrons. The van der Waals surface area contributed by atoms with Gasteiger partial charge in [-0.15, -0.1) is 11.6 Å². The first-order valence-corrected chi connectivity index (χ1v) is 7.03. The summed E-state index contributed by atoms with van der Waals surface area (Å²) >= 11 is 5.74. The number of aryl methyl sites for hydroxylation is 1. The summed E-state index contributed by atoms with van der Waals surface area (Å²) in [4.78, 5) is 0. The van der Waals surface area contributed by atoms with Gasteiger partial charge in [0.15, 0.2) is 5.03 Å². The minimum Gasteiger partial charge on any atom is -0.281 e. The van der Waals surface area contributed by atoms with E-state index in [-0.39, 0.29) is 16.9 Å². The van der Waals surface area contributed by atoms with Crippen LogP contribution >= 0.6 is 11.6 Å². The van der Waals surface area contributed by atoms with Crippen molar-refractivity contribution in [2.75, 3.05) is 7.05 Å². The van der Waals surface area contributed by atoms with Gasteiger partial charge < -0.3 is 0 Å².